The van der Waals surface area contributed by atoms with Crippen LogP contribution in [0.3, 0.4) is 0 Å². The quantitative estimate of drug-likeness (QED) is 0.748. The predicted octanol–water partition coefficient (Wildman–Crippen LogP) is 1.10. The van der Waals surface area contributed by atoms with Crippen LogP contribution in [0.5, 0.6) is 0 Å². The number of furan rings is 1. The highest BCUT2D eigenvalue weighted by atomic mass is 16.5. The first-order valence-corrected chi connectivity index (χ1v) is 6.56. The summed E-state index contributed by atoms with van der Waals surface area (Å²) in [7, 11) is 0. The average Bonchev–Trinajstić information content (AvgIpc) is 3.07. The maximum atomic E-state index is 5.53. The Bertz CT molecular complexity index is 299. The van der Waals surface area contributed by atoms with Gasteiger partial charge in [0, 0.05) is 6.54 Å². The van der Waals surface area contributed by atoms with Crippen LogP contribution in [0.4, 0.5) is 0 Å². The number of hydrogen-bond donors (Lipinski definition) is 3. The van der Waals surface area contributed by atoms with Gasteiger partial charge in [-0.3, -0.25) is 0 Å². The Labute approximate surface area is 109 Å². The van der Waals surface area contributed by atoms with E-state index in [0.29, 0.717) is 31.8 Å². The van der Waals surface area contributed by atoms with Crippen LogP contribution in [0, 0.1) is 0 Å². The second kappa shape index (κ2) is 8.26. The smallest absolute Gasteiger partial charge is 0.117 e. The third kappa shape index (κ3) is 4.78. The lowest BCUT2D eigenvalue weighted by Gasteiger charge is -2.08. The third-order valence-corrected chi connectivity index (χ3v) is 3.03. The number of nitrogens with two attached hydrogens (primary N) is 3. The summed E-state index contributed by atoms with van der Waals surface area (Å²) in [5.41, 5.74) is 16.0. The zero-order valence-electron chi connectivity index (χ0n) is 11.1. The standard InChI is InChI=1S/C7H15NO.C6H10N2O/c1-2-6-3-4-7(5-8)9-6;7-3-5-1-2-6(4-8)9-5/h6-7H,2-5,8H2,1H3;1-2H,3-4,7-8H2. The van der Waals surface area contributed by atoms with E-state index in [1.165, 1.54) is 6.42 Å². The summed E-state index contributed by atoms with van der Waals surface area (Å²) < 4.78 is 10.7. The molecule has 0 radical (unpaired) electrons. The largest absolute Gasteiger partial charge is 0.463 e. The highest BCUT2D eigenvalue weighted by Crippen LogP contribution is 2.20. The highest BCUT2D eigenvalue weighted by molar-refractivity contribution is 5.06. The molecule has 5 nitrogen and oxygen atoms in total. The molecule has 0 bridgehead atoms. The predicted molar refractivity (Wildman–Crippen MR) is 71.7 cm³/mol. The summed E-state index contributed by atoms with van der Waals surface area (Å²) in [6, 6.07) is 3.67. The lowest BCUT2D eigenvalue weighted by molar-refractivity contribution is 0.0484. The molecule has 5 heteroatoms. The second-order valence-electron chi connectivity index (χ2n) is 4.38. The van der Waals surface area contributed by atoms with Gasteiger partial charge in [-0.2, -0.15) is 0 Å². The molecule has 0 saturated carbocycles. The van der Waals surface area contributed by atoms with E-state index in [2.05, 4.69) is 6.92 Å². The Kier molecular flexibility index (Phi) is 6.97. The van der Waals surface area contributed by atoms with Crippen LogP contribution in [0.25, 0.3) is 0 Å². The van der Waals surface area contributed by atoms with Gasteiger partial charge in [-0.25, -0.2) is 0 Å². The Morgan fingerprint density at radius 3 is 1.89 bits per heavy atom. The van der Waals surface area contributed by atoms with Gasteiger partial charge in [0.2, 0.25) is 0 Å². The minimum Gasteiger partial charge on any atom is -0.463 e. The summed E-state index contributed by atoms with van der Waals surface area (Å²) in [5, 5.41) is 0. The van der Waals surface area contributed by atoms with Crippen molar-refractivity contribution in [3.05, 3.63) is 23.7 Å². The number of ether oxygens (including phenoxy) is 1. The van der Waals surface area contributed by atoms with E-state index in [9.17, 15) is 0 Å². The molecule has 1 aliphatic heterocycles. The summed E-state index contributed by atoms with van der Waals surface area (Å²) in [6.45, 7) is 3.74. The van der Waals surface area contributed by atoms with E-state index in [-0.39, 0.29) is 0 Å². The zero-order chi connectivity index (χ0) is 13.4. The van der Waals surface area contributed by atoms with E-state index in [1.54, 1.807) is 0 Å². The Morgan fingerprint density at radius 1 is 1.06 bits per heavy atom. The van der Waals surface area contributed by atoms with Gasteiger partial charge >= 0.3 is 0 Å². The van der Waals surface area contributed by atoms with E-state index in [0.717, 1.165) is 24.4 Å². The number of hydrogen-bond acceptors (Lipinski definition) is 5. The average molecular weight is 255 g/mol. The van der Waals surface area contributed by atoms with Crippen molar-refractivity contribution in [3.8, 4) is 0 Å². The molecule has 18 heavy (non-hydrogen) atoms. The molecule has 104 valence electrons. The van der Waals surface area contributed by atoms with Gasteiger partial charge in [-0.15, -0.1) is 0 Å². The van der Waals surface area contributed by atoms with Gasteiger partial charge in [0.1, 0.15) is 11.5 Å². The summed E-state index contributed by atoms with van der Waals surface area (Å²) in [6.07, 6.45) is 4.36. The molecular weight excluding hydrogens is 230 g/mol. The van der Waals surface area contributed by atoms with E-state index in [4.69, 9.17) is 26.4 Å². The molecule has 2 heterocycles. The fourth-order valence-corrected chi connectivity index (χ4v) is 1.90. The van der Waals surface area contributed by atoms with Crippen LogP contribution in [0.1, 0.15) is 37.7 Å². The summed E-state index contributed by atoms with van der Waals surface area (Å²) in [5.74, 6) is 1.57. The van der Waals surface area contributed by atoms with E-state index in [1.807, 2.05) is 12.1 Å². The SMILES string of the molecule is CCC1CCC(CN)O1.NCc1ccc(CN)o1. The van der Waals surface area contributed by atoms with E-state index < -0.39 is 0 Å². The lowest BCUT2D eigenvalue weighted by Crippen LogP contribution is -2.20. The van der Waals surface area contributed by atoms with Crippen LogP contribution in [-0.4, -0.2) is 18.8 Å². The van der Waals surface area contributed by atoms with Crippen LogP contribution >= 0.6 is 0 Å². The summed E-state index contributed by atoms with van der Waals surface area (Å²) >= 11 is 0. The fraction of sp³-hybridized carbons (Fsp3) is 0.692. The Hall–Kier alpha value is -0.880. The van der Waals surface area contributed by atoms with Crippen molar-refractivity contribution in [1.29, 1.82) is 0 Å². The molecule has 1 fully saturated rings. The van der Waals surface area contributed by atoms with Gasteiger partial charge in [0.25, 0.3) is 0 Å². The molecule has 1 aromatic rings. The minimum absolute atomic E-state index is 0.356. The molecule has 1 aliphatic rings. The molecule has 2 atom stereocenters. The van der Waals surface area contributed by atoms with Crippen molar-refractivity contribution >= 4 is 0 Å². The lowest BCUT2D eigenvalue weighted by atomic mass is 10.2. The maximum absolute atomic E-state index is 5.53. The monoisotopic (exact) mass is 255 g/mol. The van der Waals surface area contributed by atoms with Gasteiger partial charge < -0.3 is 26.4 Å². The normalized spacial score (nSPS) is 22.7. The Balaban J connectivity index is 0.000000180. The van der Waals surface area contributed by atoms with Crippen LogP contribution < -0.4 is 17.2 Å². The van der Waals surface area contributed by atoms with Crippen molar-refractivity contribution < 1.29 is 9.15 Å². The number of rotatable bonds is 4. The Morgan fingerprint density at radius 2 is 1.61 bits per heavy atom. The van der Waals surface area contributed by atoms with Crippen molar-refractivity contribution in [2.45, 2.75) is 51.5 Å². The second-order valence-corrected chi connectivity index (χ2v) is 4.38. The molecule has 0 aromatic carbocycles. The maximum Gasteiger partial charge on any atom is 0.117 e. The molecule has 2 unspecified atom stereocenters. The minimum atomic E-state index is 0.356. The molecule has 0 aliphatic carbocycles. The van der Waals surface area contributed by atoms with Crippen molar-refractivity contribution in [1.82, 2.24) is 0 Å². The zero-order valence-corrected chi connectivity index (χ0v) is 11.1. The van der Waals surface area contributed by atoms with Gasteiger partial charge in [-0.1, -0.05) is 6.92 Å². The molecule has 2 rings (SSSR count). The molecule has 1 saturated heterocycles. The third-order valence-electron chi connectivity index (χ3n) is 3.03. The van der Waals surface area contributed by atoms with Crippen molar-refractivity contribution in [3.63, 3.8) is 0 Å². The molecule has 0 amide bonds. The van der Waals surface area contributed by atoms with Crippen molar-refractivity contribution in [2.24, 2.45) is 17.2 Å². The first kappa shape index (κ1) is 15.2. The topological polar surface area (TPSA) is 100 Å². The van der Waals surface area contributed by atoms with Gasteiger partial charge in [0.05, 0.1) is 25.3 Å². The van der Waals surface area contributed by atoms with E-state index >= 15 is 0 Å². The fourth-order valence-electron chi connectivity index (χ4n) is 1.90. The molecule has 1 aromatic heterocycles. The first-order valence-electron chi connectivity index (χ1n) is 6.56. The first-order chi connectivity index (χ1) is 8.73. The van der Waals surface area contributed by atoms with Crippen molar-refractivity contribution in [2.75, 3.05) is 6.54 Å². The molecular formula is C13H25N3O2. The van der Waals surface area contributed by atoms with Gasteiger partial charge in [0.15, 0.2) is 0 Å². The highest BCUT2D eigenvalue weighted by Gasteiger charge is 2.21. The molecule has 0 spiro atoms. The molecule has 6 N–H and O–H groups in total. The van der Waals surface area contributed by atoms with Crippen LogP contribution in [-0.2, 0) is 17.8 Å². The van der Waals surface area contributed by atoms with Crippen LogP contribution in [0.15, 0.2) is 16.5 Å². The van der Waals surface area contributed by atoms with Crippen LogP contribution in [0.2, 0.25) is 0 Å². The van der Waals surface area contributed by atoms with Gasteiger partial charge in [-0.05, 0) is 31.4 Å². The summed E-state index contributed by atoms with van der Waals surface area (Å²) in [4.78, 5) is 0.